The molecule has 0 fully saturated rings. The number of amides is 1. The van der Waals surface area contributed by atoms with E-state index < -0.39 is 11.7 Å². The second-order valence-electron chi connectivity index (χ2n) is 5.15. The fraction of sp³-hybridized carbons (Fsp3) is 0.429. The third kappa shape index (κ3) is 4.28. The summed E-state index contributed by atoms with van der Waals surface area (Å²) in [5, 5.41) is 2.61. The molecule has 0 unspecified atom stereocenters. The third-order valence-electron chi connectivity index (χ3n) is 2.35. The SMILES string of the molecule is COc1cc(C=O)c(C)cc1NC(=O)OC(C)(C)C. The van der Waals surface area contributed by atoms with Crippen LogP contribution in [0.2, 0.25) is 0 Å². The number of rotatable bonds is 3. The zero-order valence-electron chi connectivity index (χ0n) is 11.9. The highest BCUT2D eigenvalue weighted by Gasteiger charge is 2.18. The highest BCUT2D eigenvalue weighted by Crippen LogP contribution is 2.28. The van der Waals surface area contributed by atoms with Crippen LogP contribution in [-0.2, 0) is 4.74 Å². The van der Waals surface area contributed by atoms with Crippen LogP contribution in [0, 0.1) is 6.92 Å². The van der Waals surface area contributed by atoms with Crippen molar-refractivity contribution in [3.8, 4) is 5.75 Å². The van der Waals surface area contributed by atoms with Crippen LogP contribution in [0.1, 0.15) is 36.7 Å². The minimum atomic E-state index is -0.574. The zero-order valence-corrected chi connectivity index (χ0v) is 11.9. The maximum absolute atomic E-state index is 11.7. The highest BCUT2D eigenvalue weighted by atomic mass is 16.6. The summed E-state index contributed by atoms with van der Waals surface area (Å²) in [4.78, 5) is 22.6. The molecule has 0 aliphatic rings. The van der Waals surface area contributed by atoms with Crippen LogP contribution in [0.5, 0.6) is 5.75 Å². The molecule has 0 saturated heterocycles. The first kappa shape index (κ1) is 15.0. The van der Waals surface area contributed by atoms with Crippen LogP contribution < -0.4 is 10.1 Å². The van der Waals surface area contributed by atoms with Gasteiger partial charge in [-0.2, -0.15) is 0 Å². The molecule has 1 aromatic rings. The molecule has 1 amide bonds. The summed E-state index contributed by atoms with van der Waals surface area (Å²) < 4.78 is 10.3. The molecule has 19 heavy (non-hydrogen) atoms. The molecule has 0 bridgehead atoms. The number of ether oxygens (including phenoxy) is 2. The van der Waals surface area contributed by atoms with Gasteiger partial charge in [0.1, 0.15) is 17.6 Å². The number of carbonyl (C=O) groups excluding carboxylic acids is 2. The van der Waals surface area contributed by atoms with Gasteiger partial charge in [-0.3, -0.25) is 10.1 Å². The number of hydrogen-bond acceptors (Lipinski definition) is 4. The lowest BCUT2D eigenvalue weighted by Crippen LogP contribution is -2.27. The summed E-state index contributed by atoms with van der Waals surface area (Å²) in [5.41, 5.74) is 1.17. The monoisotopic (exact) mass is 265 g/mol. The molecule has 0 aromatic heterocycles. The van der Waals surface area contributed by atoms with E-state index in [4.69, 9.17) is 9.47 Å². The molecule has 0 spiro atoms. The zero-order chi connectivity index (χ0) is 14.6. The maximum Gasteiger partial charge on any atom is 0.412 e. The molecule has 5 nitrogen and oxygen atoms in total. The Bertz CT molecular complexity index is 489. The van der Waals surface area contributed by atoms with Crippen LogP contribution in [0.4, 0.5) is 10.5 Å². The number of methoxy groups -OCH3 is 1. The summed E-state index contributed by atoms with van der Waals surface area (Å²) in [7, 11) is 1.47. The number of nitrogens with one attached hydrogen (secondary N) is 1. The van der Waals surface area contributed by atoms with E-state index in [-0.39, 0.29) is 0 Å². The van der Waals surface area contributed by atoms with Crippen molar-refractivity contribution in [2.45, 2.75) is 33.3 Å². The first-order valence-corrected chi connectivity index (χ1v) is 5.90. The van der Waals surface area contributed by atoms with Crippen molar-refractivity contribution >= 4 is 18.1 Å². The molecule has 0 heterocycles. The van der Waals surface area contributed by atoms with Gasteiger partial charge in [0.05, 0.1) is 12.8 Å². The number of anilines is 1. The Kier molecular flexibility index (Phi) is 4.53. The van der Waals surface area contributed by atoms with E-state index in [1.165, 1.54) is 7.11 Å². The average molecular weight is 265 g/mol. The summed E-state index contributed by atoms with van der Waals surface area (Å²) in [6, 6.07) is 3.25. The summed E-state index contributed by atoms with van der Waals surface area (Å²) in [5.74, 6) is 0.415. The lowest BCUT2D eigenvalue weighted by atomic mass is 10.1. The molecule has 1 aromatic carbocycles. The van der Waals surface area contributed by atoms with Crippen LogP contribution in [0.3, 0.4) is 0 Å². The summed E-state index contributed by atoms with van der Waals surface area (Å²) >= 11 is 0. The van der Waals surface area contributed by atoms with Crippen molar-refractivity contribution in [2.24, 2.45) is 0 Å². The second-order valence-corrected chi connectivity index (χ2v) is 5.15. The Labute approximate surface area is 112 Å². The molecule has 0 radical (unpaired) electrons. The lowest BCUT2D eigenvalue weighted by molar-refractivity contribution is 0.0635. The topological polar surface area (TPSA) is 64.6 Å². The molecule has 0 saturated carbocycles. The molecule has 5 heteroatoms. The van der Waals surface area contributed by atoms with Gasteiger partial charge in [-0.15, -0.1) is 0 Å². The average Bonchev–Trinajstić information content (AvgIpc) is 2.26. The fourth-order valence-electron chi connectivity index (χ4n) is 1.51. The number of benzene rings is 1. The molecule has 0 aliphatic heterocycles. The van der Waals surface area contributed by atoms with Crippen molar-refractivity contribution in [3.63, 3.8) is 0 Å². The Hall–Kier alpha value is -2.04. The number of hydrogen-bond donors (Lipinski definition) is 1. The number of aryl methyl sites for hydroxylation is 1. The van der Waals surface area contributed by atoms with Gasteiger partial charge < -0.3 is 9.47 Å². The standard InChI is InChI=1S/C14H19NO4/c1-9-6-11(12(18-5)7-10(9)8-16)15-13(17)19-14(2,3)4/h6-8H,1-5H3,(H,15,17). The maximum atomic E-state index is 11.7. The largest absolute Gasteiger partial charge is 0.495 e. The van der Waals surface area contributed by atoms with Crippen molar-refractivity contribution < 1.29 is 19.1 Å². The van der Waals surface area contributed by atoms with E-state index in [9.17, 15) is 9.59 Å². The molecule has 1 N–H and O–H groups in total. The molecular weight excluding hydrogens is 246 g/mol. The van der Waals surface area contributed by atoms with E-state index >= 15 is 0 Å². The van der Waals surface area contributed by atoms with Gasteiger partial charge in [0.15, 0.2) is 0 Å². The first-order chi connectivity index (χ1) is 8.76. The van der Waals surface area contributed by atoms with Crippen LogP contribution in [-0.4, -0.2) is 25.1 Å². The van der Waals surface area contributed by atoms with Gasteiger partial charge in [0.2, 0.25) is 0 Å². The van der Waals surface area contributed by atoms with Gasteiger partial charge in [0.25, 0.3) is 0 Å². The van der Waals surface area contributed by atoms with Gasteiger partial charge in [-0.1, -0.05) is 0 Å². The van der Waals surface area contributed by atoms with E-state index in [0.29, 0.717) is 17.0 Å². The normalized spacial score (nSPS) is 10.8. The molecule has 0 aliphatic carbocycles. The van der Waals surface area contributed by atoms with Crippen molar-refractivity contribution in [1.82, 2.24) is 0 Å². The predicted octanol–water partition coefficient (Wildman–Crippen LogP) is 3.16. The van der Waals surface area contributed by atoms with Gasteiger partial charge in [-0.05, 0) is 45.4 Å². The fourth-order valence-corrected chi connectivity index (χ4v) is 1.51. The van der Waals surface area contributed by atoms with E-state index in [1.807, 2.05) is 0 Å². The quantitative estimate of drug-likeness (QED) is 0.852. The Balaban J connectivity index is 2.98. The molecule has 0 atom stereocenters. The van der Waals surface area contributed by atoms with Gasteiger partial charge in [0, 0.05) is 5.56 Å². The van der Waals surface area contributed by atoms with Crippen molar-refractivity contribution in [2.75, 3.05) is 12.4 Å². The van der Waals surface area contributed by atoms with Crippen molar-refractivity contribution in [1.29, 1.82) is 0 Å². The smallest absolute Gasteiger partial charge is 0.412 e. The Morgan fingerprint density at radius 3 is 2.42 bits per heavy atom. The molecular formula is C14H19NO4. The third-order valence-corrected chi connectivity index (χ3v) is 2.35. The minimum Gasteiger partial charge on any atom is -0.495 e. The summed E-state index contributed by atoms with van der Waals surface area (Å²) in [6.45, 7) is 7.13. The van der Waals surface area contributed by atoms with E-state index in [0.717, 1.165) is 11.8 Å². The van der Waals surface area contributed by atoms with Crippen LogP contribution in [0.15, 0.2) is 12.1 Å². The molecule has 1 rings (SSSR count). The summed E-state index contributed by atoms with van der Waals surface area (Å²) in [6.07, 6.45) is 0.179. The minimum absolute atomic E-state index is 0.415. The highest BCUT2D eigenvalue weighted by molar-refractivity contribution is 5.89. The second kappa shape index (κ2) is 5.73. The van der Waals surface area contributed by atoms with E-state index in [2.05, 4.69) is 5.32 Å². The first-order valence-electron chi connectivity index (χ1n) is 5.90. The molecule has 104 valence electrons. The Morgan fingerprint density at radius 1 is 1.32 bits per heavy atom. The van der Waals surface area contributed by atoms with Gasteiger partial charge >= 0.3 is 6.09 Å². The lowest BCUT2D eigenvalue weighted by Gasteiger charge is -2.20. The Morgan fingerprint density at radius 2 is 1.95 bits per heavy atom. The van der Waals surface area contributed by atoms with Crippen LogP contribution >= 0.6 is 0 Å². The van der Waals surface area contributed by atoms with Gasteiger partial charge in [-0.25, -0.2) is 4.79 Å². The van der Waals surface area contributed by atoms with Crippen molar-refractivity contribution in [3.05, 3.63) is 23.3 Å². The predicted molar refractivity (Wildman–Crippen MR) is 73.0 cm³/mol. The van der Waals surface area contributed by atoms with Crippen LogP contribution in [0.25, 0.3) is 0 Å². The number of aldehydes is 1. The number of carbonyl (C=O) groups is 2. The van der Waals surface area contributed by atoms with E-state index in [1.54, 1.807) is 39.8 Å².